The lowest BCUT2D eigenvalue weighted by Gasteiger charge is -2.49. The van der Waals surface area contributed by atoms with Crippen LogP contribution < -0.4 is 0 Å². The number of ether oxygens (including phenoxy) is 6. The molecule has 0 radical (unpaired) electrons. The molecular formula is C46H85N3O14S. The van der Waals surface area contributed by atoms with E-state index in [0.717, 1.165) is 6.29 Å². The van der Waals surface area contributed by atoms with E-state index in [1.54, 1.807) is 48.6 Å². The van der Waals surface area contributed by atoms with Crippen molar-refractivity contribution in [3.8, 4) is 0 Å². The Hall–Kier alpha value is -1.52. The highest BCUT2D eigenvalue weighted by Crippen LogP contribution is 2.42. The minimum absolute atomic E-state index is 0.127. The van der Waals surface area contributed by atoms with Crippen LogP contribution in [0.3, 0.4) is 0 Å². The van der Waals surface area contributed by atoms with Crippen LogP contribution >= 0.6 is 11.8 Å². The number of amides is 1. The van der Waals surface area contributed by atoms with Crippen molar-refractivity contribution in [1.29, 1.82) is 0 Å². The molecule has 64 heavy (non-hydrogen) atoms. The van der Waals surface area contributed by atoms with Crippen LogP contribution in [0.1, 0.15) is 116 Å². The predicted molar refractivity (Wildman–Crippen MR) is 243 cm³/mol. The second-order valence-corrected chi connectivity index (χ2v) is 22.2. The van der Waals surface area contributed by atoms with Gasteiger partial charge in [0.15, 0.2) is 18.7 Å². The fraction of sp³-hybridized carbons (Fsp3) is 0.935. The first-order chi connectivity index (χ1) is 29.4. The van der Waals surface area contributed by atoms with Gasteiger partial charge in [-0.3, -0.25) is 4.79 Å². The number of thioether (sulfide) groups is 1. The van der Waals surface area contributed by atoms with Crippen molar-refractivity contribution in [3.05, 3.63) is 0 Å². The van der Waals surface area contributed by atoms with Gasteiger partial charge in [0.25, 0.3) is 0 Å². The van der Waals surface area contributed by atoms with Crippen molar-refractivity contribution in [1.82, 2.24) is 14.7 Å². The standard InChI is InChI=1S/C46H85N3O14S/c1-18-34(52)46(13,57)38(53)29(6)48(16)22-25(2)20-44(11,56)40(28(5)36(26(3)23-50)61-35-21-45(12,58-17)39(54)30(7)60-35)63-42-37(32(47(14)15)19-27(4)59-42)62-41(55)33-24-64-43(9,10)49(33)31(8)51/h23,25-30,32-40,42,52-54,56-57H,18-22,24H2,1-17H3/t25-,26+,27-,28+,29-,30+,32+,33+,34-,35+,36-,37-,38-,39+,40-,42+,44-,45-,46+/m1/s1. The molecule has 3 aliphatic heterocycles. The largest absolute Gasteiger partial charge is 0.454 e. The summed E-state index contributed by atoms with van der Waals surface area (Å²) < 4.78 is 38.5. The van der Waals surface area contributed by atoms with E-state index in [1.807, 2.05) is 58.5 Å². The van der Waals surface area contributed by atoms with Gasteiger partial charge in [-0.15, -0.1) is 11.8 Å². The van der Waals surface area contributed by atoms with Crippen molar-refractivity contribution in [2.24, 2.45) is 17.8 Å². The number of hydrogen-bond acceptors (Lipinski definition) is 17. The van der Waals surface area contributed by atoms with Gasteiger partial charge >= 0.3 is 5.97 Å². The van der Waals surface area contributed by atoms with Crippen molar-refractivity contribution in [2.75, 3.05) is 40.6 Å². The van der Waals surface area contributed by atoms with E-state index in [9.17, 15) is 39.9 Å². The average Bonchev–Trinajstić information content (AvgIpc) is 3.54. The summed E-state index contributed by atoms with van der Waals surface area (Å²) in [7, 11) is 7.04. The zero-order chi connectivity index (χ0) is 49.0. The molecule has 374 valence electrons. The number of aliphatic hydroxyl groups is 5. The van der Waals surface area contributed by atoms with Crippen LogP contribution in [0.15, 0.2) is 0 Å². The maximum absolute atomic E-state index is 14.2. The molecule has 0 unspecified atom stereocenters. The Kier molecular flexibility index (Phi) is 20.2. The van der Waals surface area contributed by atoms with Crippen molar-refractivity contribution in [3.63, 3.8) is 0 Å². The monoisotopic (exact) mass is 936 g/mol. The summed E-state index contributed by atoms with van der Waals surface area (Å²) in [4.78, 5) is 44.5. The van der Waals surface area contributed by atoms with E-state index in [1.165, 1.54) is 37.6 Å². The highest BCUT2D eigenvalue weighted by molar-refractivity contribution is 8.00. The number of carbonyl (C=O) groups excluding carboxylic acids is 3. The molecule has 3 aliphatic rings. The molecule has 3 heterocycles. The number of likely N-dealkylation sites (N-methyl/N-ethyl adjacent to an activating group) is 2. The van der Waals surface area contributed by atoms with Gasteiger partial charge in [0, 0.05) is 50.6 Å². The Morgan fingerprint density at radius 3 is 2.17 bits per heavy atom. The quantitative estimate of drug-likeness (QED) is 0.0779. The Balaban J connectivity index is 2.09. The summed E-state index contributed by atoms with van der Waals surface area (Å²) in [5, 5.41) is 56.5. The van der Waals surface area contributed by atoms with Gasteiger partial charge in [-0.2, -0.15) is 0 Å². The molecule has 0 aromatic carbocycles. The van der Waals surface area contributed by atoms with Crippen molar-refractivity contribution < 1.29 is 68.3 Å². The minimum Gasteiger partial charge on any atom is -0.454 e. The summed E-state index contributed by atoms with van der Waals surface area (Å²) >= 11 is 1.48. The van der Waals surface area contributed by atoms with Crippen LogP contribution in [0.2, 0.25) is 0 Å². The summed E-state index contributed by atoms with van der Waals surface area (Å²) in [6, 6.07) is -1.84. The molecule has 3 rings (SSSR count). The molecule has 18 heteroatoms. The summed E-state index contributed by atoms with van der Waals surface area (Å²) in [6.45, 7) is 22.9. The predicted octanol–water partition coefficient (Wildman–Crippen LogP) is 2.79. The third-order valence-electron chi connectivity index (χ3n) is 14.2. The van der Waals surface area contributed by atoms with Crippen LogP contribution in [0.4, 0.5) is 0 Å². The van der Waals surface area contributed by atoms with Crippen molar-refractivity contribution >= 4 is 29.9 Å². The Morgan fingerprint density at radius 1 is 1.03 bits per heavy atom. The molecule has 5 N–H and O–H groups in total. The van der Waals surface area contributed by atoms with Gasteiger partial charge in [-0.05, 0) is 102 Å². The van der Waals surface area contributed by atoms with Gasteiger partial charge in [-0.1, -0.05) is 27.7 Å². The maximum atomic E-state index is 14.2. The number of aldehydes is 1. The molecule has 0 aromatic heterocycles. The van der Waals surface area contributed by atoms with E-state index >= 15 is 0 Å². The summed E-state index contributed by atoms with van der Waals surface area (Å²) in [5.41, 5.74) is -4.48. The average molecular weight is 936 g/mol. The van der Waals surface area contributed by atoms with E-state index < -0.39 is 113 Å². The van der Waals surface area contributed by atoms with Gasteiger partial charge in [0.1, 0.15) is 30.1 Å². The number of carbonyl (C=O) groups is 3. The molecule has 3 saturated heterocycles. The first-order valence-electron chi connectivity index (χ1n) is 23.0. The second kappa shape index (κ2) is 22.7. The summed E-state index contributed by atoms with van der Waals surface area (Å²) in [6.07, 6.45) is -7.90. The molecule has 19 atom stereocenters. The van der Waals surface area contributed by atoms with Gasteiger partial charge < -0.3 is 73.4 Å². The first kappa shape index (κ1) is 56.8. The molecule has 1 amide bonds. The fourth-order valence-corrected chi connectivity index (χ4v) is 11.4. The zero-order valence-electron chi connectivity index (χ0n) is 41.7. The first-order valence-corrected chi connectivity index (χ1v) is 24.0. The lowest BCUT2D eigenvalue weighted by atomic mass is 9.78. The molecule has 0 aromatic rings. The SMILES string of the molecule is CC[C@@H](O)[C@](C)(O)[C@H](O)[C@@H](C)N(C)C[C@H](C)C[C@@](C)(O)[C@H](O[C@@H]1O[C@H](C)C[C@H](N(C)C)[C@H]1OC(=O)[C@@H]1CSC(C)(C)N1C(C)=O)[C@@H](C)[C@H](O[C@H]1C[C@@](C)(OC)[C@@H](O)[C@H](C)O1)[C@@H](C)C=O. The molecular weight excluding hydrogens is 851 g/mol. The Bertz CT molecular complexity index is 1520. The molecule has 0 saturated carbocycles. The normalized spacial score (nSPS) is 34.5. The summed E-state index contributed by atoms with van der Waals surface area (Å²) in [5.74, 6) is -2.30. The molecule has 0 spiro atoms. The Morgan fingerprint density at radius 2 is 1.64 bits per heavy atom. The van der Waals surface area contributed by atoms with E-state index in [4.69, 9.17) is 28.4 Å². The van der Waals surface area contributed by atoms with Crippen LogP contribution in [-0.2, 0) is 42.8 Å². The number of aliphatic hydroxyl groups excluding tert-OH is 3. The second-order valence-electron chi connectivity index (χ2n) is 20.5. The zero-order valence-corrected chi connectivity index (χ0v) is 42.5. The molecule has 17 nitrogen and oxygen atoms in total. The van der Waals surface area contributed by atoms with Crippen molar-refractivity contribution in [2.45, 2.75) is 217 Å². The van der Waals surface area contributed by atoms with Crippen LogP contribution in [0, 0.1) is 17.8 Å². The smallest absolute Gasteiger partial charge is 0.330 e. The van der Waals surface area contributed by atoms with E-state index in [2.05, 4.69) is 0 Å². The Labute approximate surface area is 387 Å². The topological polar surface area (TPSA) is 217 Å². The third-order valence-corrected chi connectivity index (χ3v) is 15.6. The maximum Gasteiger partial charge on any atom is 0.330 e. The highest BCUT2D eigenvalue weighted by Gasteiger charge is 2.53. The third kappa shape index (κ3) is 13.2. The van der Waals surface area contributed by atoms with Crippen LogP contribution in [0.25, 0.3) is 0 Å². The number of hydrogen-bond donors (Lipinski definition) is 5. The van der Waals surface area contributed by atoms with Crippen LogP contribution in [-0.4, -0.2) is 200 Å². The van der Waals surface area contributed by atoms with Crippen LogP contribution in [0.5, 0.6) is 0 Å². The highest BCUT2D eigenvalue weighted by atomic mass is 32.2. The molecule has 0 bridgehead atoms. The number of esters is 1. The number of methoxy groups -OCH3 is 1. The van der Waals surface area contributed by atoms with E-state index in [-0.39, 0.29) is 37.2 Å². The van der Waals surface area contributed by atoms with Gasteiger partial charge in [0.05, 0.1) is 52.6 Å². The van der Waals surface area contributed by atoms with Gasteiger partial charge in [-0.25, -0.2) is 4.79 Å². The lowest BCUT2D eigenvalue weighted by Crippen LogP contribution is -2.61. The van der Waals surface area contributed by atoms with E-state index in [0.29, 0.717) is 18.7 Å². The number of nitrogens with zero attached hydrogens (tertiary/aromatic N) is 3. The molecule has 0 aliphatic carbocycles. The lowest BCUT2D eigenvalue weighted by molar-refractivity contribution is -0.318. The minimum atomic E-state index is -1.77. The van der Waals surface area contributed by atoms with Gasteiger partial charge in [0.2, 0.25) is 5.91 Å². The fourth-order valence-electron chi connectivity index (χ4n) is 10.2. The molecule has 3 fully saturated rings. The number of rotatable bonds is 22.